The van der Waals surface area contributed by atoms with E-state index in [4.69, 9.17) is 11.6 Å². The van der Waals surface area contributed by atoms with E-state index in [-0.39, 0.29) is 0 Å². The van der Waals surface area contributed by atoms with Gasteiger partial charge in [0.25, 0.3) is 0 Å². The van der Waals surface area contributed by atoms with Crippen molar-refractivity contribution in [1.82, 2.24) is 14.7 Å². The molecule has 0 aromatic carbocycles. The molecule has 1 unspecified atom stereocenters. The predicted molar refractivity (Wildman–Crippen MR) is 60.4 cm³/mol. The third-order valence-corrected chi connectivity index (χ3v) is 3.34. The normalized spacial score (nSPS) is 21.3. The maximum absolute atomic E-state index is 6.00. The van der Waals surface area contributed by atoms with Crippen molar-refractivity contribution >= 4 is 17.1 Å². The van der Waals surface area contributed by atoms with Gasteiger partial charge in [0, 0.05) is 12.7 Å². The summed E-state index contributed by atoms with van der Waals surface area (Å²) in [7, 11) is 0. The van der Waals surface area contributed by atoms with Gasteiger partial charge in [0.15, 0.2) is 5.15 Å². The molecule has 1 N–H and O–H groups in total. The third kappa shape index (κ3) is 1.52. The third-order valence-electron chi connectivity index (χ3n) is 3.05. The zero-order valence-electron chi connectivity index (χ0n) is 8.28. The number of nitrogens with one attached hydrogen (secondary N) is 1. The molecule has 0 bridgehead atoms. The van der Waals surface area contributed by atoms with Gasteiger partial charge in [0.1, 0.15) is 6.33 Å². The highest BCUT2D eigenvalue weighted by atomic mass is 35.5. The van der Waals surface area contributed by atoms with Crippen molar-refractivity contribution in [3.8, 4) is 0 Å². The van der Waals surface area contributed by atoms with E-state index in [2.05, 4.69) is 22.4 Å². The molecule has 1 aliphatic heterocycles. The van der Waals surface area contributed by atoms with Crippen molar-refractivity contribution in [2.45, 2.75) is 12.3 Å². The van der Waals surface area contributed by atoms with Gasteiger partial charge in [0.2, 0.25) is 0 Å². The summed E-state index contributed by atoms with van der Waals surface area (Å²) in [6.07, 6.45) is 4.98. The Balaban J connectivity index is 2.08. The Kier molecular flexibility index (Phi) is 2.15. The van der Waals surface area contributed by atoms with Crippen molar-refractivity contribution < 1.29 is 0 Å². The van der Waals surface area contributed by atoms with Crippen molar-refractivity contribution in [3.05, 3.63) is 35.4 Å². The van der Waals surface area contributed by atoms with Crippen LogP contribution in [0.1, 0.15) is 17.9 Å². The lowest BCUT2D eigenvalue weighted by atomic mass is 9.99. The monoisotopic (exact) mass is 221 g/mol. The van der Waals surface area contributed by atoms with Crippen LogP contribution in [0.5, 0.6) is 0 Å². The summed E-state index contributed by atoms with van der Waals surface area (Å²) in [5.74, 6) is 0.626. The largest absolute Gasteiger partial charge is 0.316 e. The summed E-state index contributed by atoms with van der Waals surface area (Å²) in [5, 5.41) is 3.96. The number of halogens is 1. The van der Waals surface area contributed by atoms with Crippen LogP contribution in [-0.2, 0) is 0 Å². The van der Waals surface area contributed by atoms with E-state index < -0.39 is 0 Å². The first kappa shape index (κ1) is 9.19. The molecule has 3 nitrogen and oxygen atoms in total. The standard InChI is InChI=1S/C11H12ClN3/c12-11-10-5-8(9-1-3-13-6-9)2-4-15(10)7-14-11/h2,4-5,7,9,13H,1,3,6H2. The van der Waals surface area contributed by atoms with Gasteiger partial charge < -0.3 is 9.72 Å². The maximum Gasteiger partial charge on any atom is 0.154 e. The minimum absolute atomic E-state index is 0.586. The Labute approximate surface area is 93.1 Å². The van der Waals surface area contributed by atoms with Gasteiger partial charge >= 0.3 is 0 Å². The molecule has 0 saturated carbocycles. The first-order valence-electron chi connectivity index (χ1n) is 5.17. The molecule has 3 heterocycles. The van der Waals surface area contributed by atoms with Crippen molar-refractivity contribution in [2.75, 3.05) is 13.1 Å². The first-order chi connectivity index (χ1) is 7.34. The number of pyridine rings is 1. The van der Waals surface area contributed by atoms with E-state index >= 15 is 0 Å². The van der Waals surface area contributed by atoms with Gasteiger partial charge in [-0.3, -0.25) is 0 Å². The van der Waals surface area contributed by atoms with Gasteiger partial charge in [-0.2, -0.15) is 0 Å². The van der Waals surface area contributed by atoms with Crippen LogP contribution in [-0.4, -0.2) is 22.5 Å². The van der Waals surface area contributed by atoms with E-state index in [1.54, 1.807) is 6.33 Å². The van der Waals surface area contributed by atoms with E-state index in [1.165, 1.54) is 12.0 Å². The smallest absolute Gasteiger partial charge is 0.154 e. The summed E-state index contributed by atoms with van der Waals surface area (Å²) in [6, 6.07) is 4.30. The van der Waals surface area contributed by atoms with Crippen LogP contribution in [0.4, 0.5) is 0 Å². The SMILES string of the molecule is Clc1ncn2ccc(C3CCNC3)cc12. The Bertz CT molecular complexity index is 486. The van der Waals surface area contributed by atoms with Crippen LogP contribution < -0.4 is 5.32 Å². The summed E-state index contributed by atoms with van der Waals surface area (Å²) in [5.41, 5.74) is 2.36. The number of nitrogens with zero attached hydrogens (tertiary/aromatic N) is 2. The van der Waals surface area contributed by atoms with Gasteiger partial charge in [0.05, 0.1) is 5.52 Å². The fourth-order valence-corrected chi connectivity index (χ4v) is 2.36. The Morgan fingerprint density at radius 3 is 3.27 bits per heavy atom. The molecular formula is C11H12ClN3. The highest BCUT2D eigenvalue weighted by molar-refractivity contribution is 6.32. The van der Waals surface area contributed by atoms with Crippen molar-refractivity contribution in [2.24, 2.45) is 0 Å². The van der Waals surface area contributed by atoms with Crippen molar-refractivity contribution in [1.29, 1.82) is 0 Å². The number of aromatic nitrogens is 2. The van der Waals surface area contributed by atoms with Crippen LogP contribution in [0.3, 0.4) is 0 Å². The molecule has 1 aliphatic rings. The number of rotatable bonds is 1. The summed E-state index contributed by atoms with van der Waals surface area (Å²) < 4.78 is 1.95. The minimum atomic E-state index is 0.586. The van der Waals surface area contributed by atoms with Crippen LogP contribution in [0.25, 0.3) is 5.52 Å². The maximum atomic E-state index is 6.00. The number of imidazole rings is 1. The molecule has 0 aliphatic carbocycles. The molecule has 0 radical (unpaired) electrons. The molecule has 3 rings (SSSR count). The number of hydrogen-bond acceptors (Lipinski definition) is 2. The Morgan fingerprint density at radius 1 is 1.53 bits per heavy atom. The van der Waals surface area contributed by atoms with Crippen LogP contribution >= 0.6 is 11.6 Å². The van der Waals surface area contributed by atoms with Crippen LogP contribution in [0.15, 0.2) is 24.7 Å². The fraction of sp³-hybridized carbons (Fsp3) is 0.364. The molecule has 0 spiro atoms. The first-order valence-corrected chi connectivity index (χ1v) is 5.55. The molecule has 1 fully saturated rings. The molecule has 1 atom stereocenters. The molecule has 78 valence electrons. The minimum Gasteiger partial charge on any atom is -0.316 e. The quantitative estimate of drug-likeness (QED) is 0.799. The lowest BCUT2D eigenvalue weighted by Crippen LogP contribution is -2.08. The molecule has 1 saturated heterocycles. The summed E-state index contributed by atoms with van der Waals surface area (Å²) in [4.78, 5) is 4.08. The molecule has 2 aromatic heterocycles. The van der Waals surface area contributed by atoms with Gasteiger partial charge in [-0.05, 0) is 36.6 Å². The Hall–Kier alpha value is -1.06. The van der Waals surface area contributed by atoms with E-state index in [0.717, 1.165) is 18.6 Å². The number of hydrogen-bond donors (Lipinski definition) is 1. The summed E-state index contributed by atoms with van der Waals surface area (Å²) >= 11 is 6.00. The molecule has 0 amide bonds. The second-order valence-electron chi connectivity index (χ2n) is 3.98. The summed E-state index contributed by atoms with van der Waals surface area (Å²) in [6.45, 7) is 2.19. The highest BCUT2D eigenvalue weighted by Gasteiger charge is 2.17. The van der Waals surface area contributed by atoms with E-state index in [1.807, 2.05) is 10.6 Å². The predicted octanol–water partition coefficient (Wildman–Crippen LogP) is 2.06. The zero-order valence-corrected chi connectivity index (χ0v) is 9.04. The fourth-order valence-electron chi connectivity index (χ4n) is 2.17. The van der Waals surface area contributed by atoms with Gasteiger partial charge in [-0.25, -0.2) is 4.98 Å². The number of fused-ring (bicyclic) bond motifs is 1. The van der Waals surface area contributed by atoms with E-state index in [9.17, 15) is 0 Å². The lowest BCUT2D eigenvalue weighted by Gasteiger charge is -2.08. The molecule has 2 aromatic rings. The Morgan fingerprint density at radius 2 is 2.47 bits per heavy atom. The highest BCUT2D eigenvalue weighted by Crippen LogP contribution is 2.25. The average Bonchev–Trinajstić information content (AvgIpc) is 2.88. The van der Waals surface area contributed by atoms with Crippen LogP contribution in [0, 0.1) is 0 Å². The topological polar surface area (TPSA) is 29.3 Å². The lowest BCUT2D eigenvalue weighted by molar-refractivity contribution is 0.762. The van der Waals surface area contributed by atoms with Crippen LogP contribution in [0.2, 0.25) is 5.15 Å². The second-order valence-corrected chi connectivity index (χ2v) is 4.34. The van der Waals surface area contributed by atoms with Gasteiger partial charge in [-0.1, -0.05) is 11.6 Å². The second kappa shape index (κ2) is 3.51. The zero-order chi connectivity index (χ0) is 10.3. The van der Waals surface area contributed by atoms with Crippen molar-refractivity contribution in [3.63, 3.8) is 0 Å². The van der Waals surface area contributed by atoms with Gasteiger partial charge in [-0.15, -0.1) is 0 Å². The van der Waals surface area contributed by atoms with E-state index in [0.29, 0.717) is 11.1 Å². The molecular weight excluding hydrogens is 210 g/mol. The molecule has 4 heteroatoms. The molecule has 15 heavy (non-hydrogen) atoms. The average molecular weight is 222 g/mol.